The summed E-state index contributed by atoms with van der Waals surface area (Å²) in [5.74, 6) is 1.14. The molecule has 0 unspecified atom stereocenters. The van der Waals surface area contributed by atoms with Crippen molar-refractivity contribution in [3.8, 4) is 11.5 Å². The number of aliphatic hydroxyl groups is 1. The van der Waals surface area contributed by atoms with Gasteiger partial charge < -0.3 is 9.84 Å². The van der Waals surface area contributed by atoms with Gasteiger partial charge in [0.15, 0.2) is 0 Å². The molecule has 0 spiro atoms. The van der Waals surface area contributed by atoms with E-state index in [0.29, 0.717) is 17.1 Å². The summed E-state index contributed by atoms with van der Waals surface area (Å²) in [6.45, 7) is 1.69. The van der Waals surface area contributed by atoms with E-state index in [1.807, 2.05) is 0 Å². The van der Waals surface area contributed by atoms with Crippen molar-refractivity contribution in [3.05, 3.63) is 63.7 Å². The van der Waals surface area contributed by atoms with Crippen LogP contribution in [0, 0.1) is 17.0 Å². The first-order valence-corrected chi connectivity index (χ1v) is 5.73. The Balaban J connectivity index is 2.25. The van der Waals surface area contributed by atoms with Gasteiger partial charge in [-0.15, -0.1) is 0 Å². The Labute approximate surface area is 110 Å². The number of nitrogens with zero attached hydrogens (tertiary/aromatic N) is 1. The molecule has 5 heteroatoms. The van der Waals surface area contributed by atoms with Gasteiger partial charge in [0.1, 0.15) is 11.5 Å². The Kier molecular flexibility index (Phi) is 3.77. The van der Waals surface area contributed by atoms with Crippen molar-refractivity contribution < 1.29 is 14.8 Å². The Hall–Kier alpha value is -2.40. The molecule has 19 heavy (non-hydrogen) atoms. The maximum Gasteiger partial charge on any atom is 0.269 e. The molecular weight excluding hydrogens is 246 g/mol. The van der Waals surface area contributed by atoms with Crippen molar-refractivity contribution >= 4 is 5.69 Å². The average molecular weight is 259 g/mol. The maximum absolute atomic E-state index is 10.6. The lowest BCUT2D eigenvalue weighted by atomic mass is 10.2. The SMILES string of the molecule is Cc1cc([N+](=O)[O-])ccc1Oc1cccc(CO)c1. The summed E-state index contributed by atoms with van der Waals surface area (Å²) in [6.07, 6.45) is 0. The number of nitro groups is 1. The van der Waals surface area contributed by atoms with Gasteiger partial charge in [0, 0.05) is 12.1 Å². The van der Waals surface area contributed by atoms with E-state index in [1.54, 1.807) is 37.3 Å². The van der Waals surface area contributed by atoms with Gasteiger partial charge in [-0.25, -0.2) is 0 Å². The number of non-ortho nitro benzene ring substituents is 1. The van der Waals surface area contributed by atoms with E-state index in [1.165, 1.54) is 12.1 Å². The molecule has 0 aliphatic rings. The fourth-order valence-electron chi connectivity index (χ4n) is 1.70. The highest BCUT2D eigenvalue weighted by molar-refractivity contribution is 5.45. The molecule has 0 aliphatic heterocycles. The van der Waals surface area contributed by atoms with Crippen molar-refractivity contribution in [1.29, 1.82) is 0 Å². The third-order valence-electron chi connectivity index (χ3n) is 2.68. The van der Waals surface area contributed by atoms with Crippen LogP contribution < -0.4 is 4.74 Å². The van der Waals surface area contributed by atoms with E-state index in [4.69, 9.17) is 9.84 Å². The summed E-state index contributed by atoms with van der Waals surface area (Å²) in [7, 11) is 0. The molecule has 0 heterocycles. The number of nitro benzene ring substituents is 1. The molecule has 5 nitrogen and oxygen atoms in total. The Morgan fingerprint density at radius 1 is 1.26 bits per heavy atom. The number of hydrogen-bond acceptors (Lipinski definition) is 4. The van der Waals surface area contributed by atoms with E-state index in [0.717, 1.165) is 5.56 Å². The Morgan fingerprint density at radius 3 is 2.68 bits per heavy atom. The lowest BCUT2D eigenvalue weighted by Gasteiger charge is -2.09. The molecule has 0 amide bonds. The molecule has 2 aromatic carbocycles. The van der Waals surface area contributed by atoms with Crippen LogP contribution in [0.25, 0.3) is 0 Å². The zero-order valence-corrected chi connectivity index (χ0v) is 10.4. The van der Waals surface area contributed by atoms with Crippen LogP contribution in [0.5, 0.6) is 11.5 Å². The number of rotatable bonds is 4. The standard InChI is InChI=1S/C14H13NO4/c1-10-7-12(15(17)18)5-6-14(10)19-13-4-2-3-11(8-13)9-16/h2-8,16H,9H2,1H3. The number of ether oxygens (including phenoxy) is 1. The van der Waals surface area contributed by atoms with Crippen molar-refractivity contribution in [1.82, 2.24) is 0 Å². The van der Waals surface area contributed by atoms with Crippen LogP contribution in [-0.2, 0) is 6.61 Å². The predicted molar refractivity (Wildman–Crippen MR) is 70.3 cm³/mol. The lowest BCUT2D eigenvalue weighted by molar-refractivity contribution is -0.384. The van der Waals surface area contributed by atoms with Crippen LogP contribution in [0.1, 0.15) is 11.1 Å². The molecule has 1 N–H and O–H groups in total. The monoisotopic (exact) mass is 259 g/mol. The lowest BCUT2D eigenvalue weighted by Crippen LogP contribution is -1.92. The molecule has 0 bridgehead atoms. The molecule has 0 saturated heterocycles. The van der Waals surface area contributed by atoms with Crippen LogP contribution in [-0.4, -0.2) is 10.0 Å². The smallest absolute Gasteiger partial charge is 0.269 e. The van der Waals surface area contributed by atoms with Gasteiger partial charge in [0.05, 0.1) is 11.5 Å². The van der Waals surface area contributed by atoms with Gasteiger partial charge in [-0.2, -0.15) is 0 Å². The van der Waals surface area contributed by atoms with E-state index >= 15 is 0 Å². The van der Waals surface area contributed by atoms with Gasteiger partial charge >= 0.3 is 0 Å². The number of hydrogen-bond donors (Lipinski definition) is 1. The highest BCUT2D eigenvalue weighted by atomic mass is 16.6. The Morgan fingerprint density at radius 2 is 2.05 bits per heavy atom. The molecule has 0 radical (unpaired) electrons. The predicted octanol–water partition coefficient (Wildman–Crippen LogP) is 3.19. The first kappa shape index (κ1) is 13.0. The van der Waals surface area contributed by atoms with Crippen molar-refractivity contribution in [2.75, 3.05) is 0 Å². The highest BCUT2D eigenvalue weighted by Gasteiger charge is 2.09. The summed E-state index contributed by atoms with van der Waals surface area (Å²) >= 11 is 0. The molecule has 2 aromatic rings. The second-order valence-electron chi connectivity index (χ2n) is 4.11. The fourth-order valence-corrected chi connectivity index (χ4v) is 1.70. The highest BCUT2D eigenvalue weighted by Crippen LogP contribution is 2.28. The topological polar surface area (TPSA) is 72.6 Å². The van der Waals surface area contributed by atoms with E-state index in [2.05, 4.69) is 0 Å². The minimum Gasteiger partial charge on any atom is -0.457 e. The molecule has 0 saturated carbocycles. The molecule has 0 aliphatic carbocycles. The second-order valence-corrected chi connectivity index (χ2v) is 4.11. The van der Waals surface area contributed by atoms with Gasteiger partial charge in [-0.3, -0.25) is 10.1 Å². The number of benzene rings is 2. The summed E-state index contributed by atoms with van der Waals surface area (Å²) in [6, 6.07) is 11.5. The van der Waals surface area contributed by atoms with Crippen LogP contribution in [0.3, 0.4) is 0 Å². The maximum atomic E-state index is 10.6. The third kappa shape index (κ3) is 3.08. The van der Waals surface area contributed by atoms with Gasteiger partial charge in [0.2, 0.25) is 0 Å². The summed E-state index contributed by atoms with van der Waals surface area (Å²) in [5.41, 5.74) is 1.47. The van der Waals surface area contributed by atoms with Crippen molar-refractivity contribution in [3.63, 3.8) is 0 Å². The molecule has 0 atom stereocenters. The van der Waals surface area contributed by atoms with Crippen LogP contribution in [0.2, 0.25) is 0 Å². The van der Waals surface area contributed by atoms with Gasteiger partial charge in [-0.05, 0) is 36.2 Å². The zero-order chi connectivity index (χ0) is 13.8. The molecular formula is C14H13NO4. The molecule has 2 rings (SSSR count). The number of aryl methyl sites for hydroxylation is 1. The zero-order valence-electron chi connectivity index (χ0n) is 10.4. The van der Waals surface area contributed by atoms with E-state index < -0.39 is 4.92 Å². The van der Waals surface area contributed by atoms with Gasteiger partial charge in [0.25, 0.3) is 5.69 Å². The summed E-state index contributed by atoms with van der Waals surface area (Å²) in [4.78, 5) is 10.2. The largest absolute Gasteiger partial charge is 0.457 e. The third-order valence-corrected chi connectivity index (χ3v) is 2.68. The average Bonchev–Trinajstić information content (AvgIpc) is 2.41. The minimum atomic E-state index is -0.441. The first-order valence-electron chi connectivity index (χ1n) is 5.73. The molecule has 0 aromatic heterocycles. The van der Waals surface area contributed by atoms with E-state index in [-0.39, 0.29) is 12.3 Å². The number of aliphatic hydroxyl groups excluding tert-OH is 1. The Bertz CT molecular complexity index is 610. The minimum absolute atomic E-state index is 0.0361. The molecule has 0 fully saturated rings. The van der Waals surface area contributed by atoms with E-state index in [9.17, 15) is 10.1 Å². The van der Waals surface area contributed by atoms with Crippen LogP contribution in [0.4, 0.5) is 5.69 Å². The summed E-state index contributed by atoms with van der Waals surface area (Å²) < 4.78 is 5.65. The quantitative estimate of drug-likeness (QED) is 0.676. The fraction of sp³-hybridized carbons (Fsp3) is 0.143. The summed E-state index contributed by atoms with van der Waals surface area (Å²) in [5, 5.41) is 19.7. The molecule has 98 valence electrons. The van der Waals surface area contributed by atoms with Crippen LogP contribution in [0.15, 0.2) is 42.5 Å². The van der Waals surface area contributed by atoms with Crippen LogP contribution >= 0.6 is 0 Å². The first-order chi connectivity index (χ1) is 9.10. The van der Waals surface area contributed by atoms with Crippen molar-refractivity contribution in [2.45, 2.75) is 13.5 Å². The normalized spacial score (nSPS) is 10.2. The van der Waals surface area contributed by atoms with Gasteiger partial charge in [-0.1, -0.05) is 12.1 Å². The second kappa shape index (κ2) is 5.49. The van der Waals surface area contributed by atoms with Crippen molar-refractivity contribution in [2.24, 2.45) is 0 Å².